The molecule has 1 amide bonds. The second-order valence-corrected chi connectivity index (χ2v) is 8.63. The molecule has 0 bridgehead atoms. The maximum absolute atomic E-state index is 13.0. The molecule has 24 heavy (non-hydrogen) atoms. The molecule has 0 N–H and O–H groups in total. The van der Waals surface area contributed by atoms with Gasteiger partial charge in [-0.05, 0) is 37.1 Å². The minimum Gasteiger partial charge on any atom is -0.335 e. The quantitative estimate of drug-likeness (QED) is 0.800. The first-order valence-electron chi connectivity index (χ1n) is 7.32. The van der Waals surface area contributed by atoms with E-state index in [9.17, 15) is 26.4 Å². The number of halogens is 4. The van der Waals surface area contributed by atoms with E-state index in [1.54, 1.807) is 0 Å². The number of carbonyl (C=O) groups is 1. The summed E-state index contributed by atoms with van der Waals surface area (Å²) in [6, 6.07) is 5.30. The van der Waals surface area contributed by atoms with E-state index in [1.807, 2.05) is 0 Å². The molecule has 0 saturated heterocycles. The molecule has 0 unspecified atom stereocenters. The smallest absolute Gasteiger partial charge is 0.335 e. The van der Waals surface area contributed by atoms with E-state index in [2.05, 4.69) is 0 Å². The summed E-state index contributed by atoms with van der Waals surface area (Å²) in [6.07, 6.45) is -3.62. The van der Waals surface area contributed by atoms with Gasteiger partial charge in [0.1, 0.15) is 6.54 Å². The highest BCUT2D eigenvalue weighted by Gasteiger charge is 2.54. The lowest BCUT2D eigenvalue weighted by Crippen LogP contribution is -2.53. The molecule has 0 aromatic heterocycles. The number of sulfone groups is 1. The van der Waals surface area contributed by atoms with Gasteiger partial charge < -0.3 is 4.90 Å². The maximum atomic E-state index is 13.0. The highest BCUT2D eigenvalue weighted by Crippen LogP contribution is 2.42. The Morgan fingerprint density at radius 3 is 2.17 bits per heavy atom. The van der Waals surface area contributed by atoms with Gasteiger partial charge in [0.25, 0.3) is 0 Å². The molecule has 1 aliphatic rings. The van der Waals surface area contributed by atoms with Gasteiger partial charge in [-0.25, -0.2) is 8.42 Å². The number of rotatable bonds is 4. The van der Waals surface area contributed by atoms with Crippen molar-refractivity contribution in [3.63, 3.8) is 0 Å². The monoisotopic (exact) mass is 383 g/mol. The minimum absolute atomic E-state index is 0.0129. The van der Waals surface area contributed by atoms with Gasteiger partial charge in [0.2, 0.25) is 5.91 Å². The Morgan fingerprint density at radius 2 is 1.71 bits per heavy atom. The number of benzene rings is 1. The molecule has 4 nitrogen and oxygen atoms in total. The summed E-state index contributed by atoms with van der Waals surface area (Å²) in [4.78, 5) is 13.0. The predicted octanol–water partition coefficient (Wildman–Crippen LogP) is 3.45. The van der Waals surface area contributed by atoms with E-state index >= 15 is 0 Å². The van der Waals surface area contributed by atoms with Gasteiger partial charge in [0.05, 0.1) is 4.90 Å². The Morgan fingerprint density at radius 1 is 1.21 bits per heavy atom. The zero-order chi connectivity index (χ0) is 18.2. The average Bonchev–Trinajstić information content (AvgIpc) is 2.96. The molecule has 0 radical (unpaired) electrons. The van der Waals surface area contributed by atoms with Crippen LogP contribution in [-0.4, -0.2) is 43.7 Å². The van der Waals surface area contributed by atoms with Crippen molar-refractivity contribution in [3.8, 4) is 0 Å². The summed E-state index contributed by atoms with van der Waals surface area (Å²) in [7, 11) is -3.15. The second-order valence-electron chi connectivity index (χ2n) is 5.94. The highest BCUT2D eigenvalue weighted by molar-refractivity contribution is 7.93. The van der Waals surface area contributed by atoms with Crippen LogP contribution < -0.4 is 0 Å². The molecular formula is C15H17ClF3NO3S. The molecular weight excluding hydrogens is 367 g/mol. The fraction of sp³-hybridized carbons (Fsp3) is 0.533. The number of alkyl halides is 3. The molecule has 134 valence electrons. The Bertz CT molecular complexity index is 710. The Hall–Kier alpha value is -1.28. The van der Waals surface area contributed by atoms with Crippen LogP contribution in [0.4, 0.5) is 13.2 Å². The largest absolute Gasteiger partial charge is 0.406 e. The normalized spacial score (nSPS) is 17.7. The molecule has 2 rings (SSSR count). The zero-order valence-electron chi connectivity index (χ0n) is 12.9. The van der Waals surface area contributed by atoms with Crippen LogP contribution in [-0.2, 0) is 14.6 Å². The lowest BCUT2D eigenvalue weighted by atomic mass is 10.1. The van der Waals surface area contributed by atoms with Crippen LogP contribution in [0.25, 0.3) is 0 Å². The van der Waals surface area contributed by atoms with Gasteiger partial charge in [-0.2, -0.15) is 13.2 Å². The first-order chi connectivity index (χ1) is 11.0. The summed E-state index contributed by atoms with van der Waals surface area (Å²) in [5.41, 5.74) is 0. The number of hydrogen-bond acceptors (Lipinski definition) is 3. The molecule has 0 heterocycles. The SMILES string of the molecule is CN(CC(F)(F)F)C(=O)C1(S(=O)(=O)c2ccc(Cl)cc2)CCCC1. The molecule has 0 spiro atoms. The van der Waals surface area contributed by atoms with Crippen molar-refractivity contribution >= 4 is 27.3 Å². The third-order valence-corrected chi connectivity index (χ3v) is 6.96. The average molecular weight is 384 g/mol. The van der Waals surface area contributed by atoms with Crippen molar-refractivity contribution in [1.82, 2.24) is 4.90 Å². The van der Waals surface area contributed by atoms with Gasteiger partial charge in [0, 0.05) is 12.1 Å². The molecule has 0 atom stereocenters. The van der Waals surface area contributed by atoms with Crippen LogP contribution in [0.2, 0.25) is 5.02 Å². The summed E-state index contributed by atoms with van der Waals surface area (Å²) in [5.74, 6) is -1.01. The highest BCUT2D eigenvalue weighted by atomic mass is 35.5. The number of carbonyl (C=O) groups excluding carboxylic acids is 1. The Labute approximate surface area is 143 Å². The fourth-order valence-corrected chi connectivity index (χ4v) is 5.35. The summed E-state index contributed by atoms with van der Waals surface area (Å²) in [5, 5.41) is 0.329. The predicted molar refractivity (Wildman–Crippen MR) is 83.5 cm³/mol. The molecule has 9 heteroatoms. The van der Waals surface area contributed by atoms with E-state index in [-0.39, 0.29) is 17.7 Å². The summed E-state index contributed by atoms with van der Waals surface area (Å²) in [6.45, 7) is -1.48. The lowest BCUT2D eigenvalue weighted by Gasteiger charge is -2.32. The zero-order valence-corrected chi connectivity index (χ0v) is 14.5. The lowest BCUT2D eigenvalue weighted by molar-refractivity contribution is -0.160. The van der Waals surface area contributed by atoms with E-state index in [0.29, 0.717) is 22.8 Å². The molecule has 1 saturated carbocycles. The standard InChI is InChI=1S/C15H17ClF3NO3S/c1-20(10-15(17,18)19)13(21)14(8-2-3-9-14)24(22,23)12-6-4-11(16)5-7-12/h4-7H,2-3,8-10H2,1H3. The van der Waals surface area contributed by atoms with Crippen molar-refractivity contribution in [2.45, 2.75) is 41.5 Å². The molecule has 1 aromatic carbocycles. The third-order valence-electron chi connectivity index (χ3n) is 4.20. The van der Waals surface area contributed by atoms with Crippen LogP contribution in [0.3, 0.4) is 0 Å². The van der Waals surface area contributed by atoms with Crippen LogP contribution in [0.15, 0.2) is 29.2 Å². The third kappa shape index (κ3) is 3.54. The number of hydrogen-bond donors (Lipinski definition) is 0. The van der Waals surface area contributed by atoms with Gasteiger partial charge in [0.15, 0.2) is 14.6 Å². The summed E-state index contributed by atoms with van der Waals surface area (Å²) < 4.78 is 61.9. The van der Waals surface area contributed by atoms with Crippen LogP contribution in [0.5, 0.6) is 0 Å². The van der Waals surface area contributed by atoms with Gasteiger partial charge in [-0.1, -0.05) is 24.4 Å². The first-order valence-corrected chi connectivity index (χ1v) is 9.18. The molecule has 0 aliphatic heterocycles. The van der Waals surface area contributed by atoms with Gasteiger partial charge >= 0.3 is 6.18 Å². The Balaban J connectivity index is 2.43. The van der Waals surface area contributed by atoms with Crippen LogP contribution in [0.1, 0.15) is 25.7 Å². The van der Waals surface area contributed by atoms with Gasteiger partial charge in [-0.3, -0.25) is 4.79 Å². The minimum atomic E-state index is -4.59. The molecule has 1 aliphatic carbocycles. The van der Waals surface area contributed by atoms with Gasteiger partial charge in [-0.15, -0.1) is 0 Å². The van der Waals surface area contributed by atoms with Crippen molar-refractivity contribution in [3.05, 3.63) is 29.3 Å². The van der Waals surface area contributed by atoms with E-state index in [0.717, 1.165) is 7.05 Å². The van der Waals surface area contributed by atoms with E-state index in [4.69, 9.17) is 11.6 Å². The molecule has 1 fully saturated rings. The number of nitrogens with zero attached hydrogens (tertiary/aromatic N) is 1. The molecule has 1 aromatic rings. The van der Waals surface area contributed by atoms with Crippen LogP contribution in [0, 0.1) is 0 Å². The summed E-state index contributed by atoms with van der Waals surface area (Å²) >= 11 is 5.75. The van der Waals surface area contributed by atoms with Crippen molar-refractivity contribution in [2.24, 2.45) is 0 Å². The number of amides is 1. The fourth-order valence-electron chi connectivity index (χ4n) is 3.07. The van der Waals surface area contributed by atoms with Crippen molar-refractivity contribution < 1.29 is 26.4 Å². The topological polar surface area (TPSA) is 54.5 Å². The van der Waals surface area contributed by atoms with Crippen LogP contribution >= 0.6 is 11.6 Å². The Kier molecular flexibility index (Phi) is 5.20. The first kappa shape index (κ1) is 19.1. The van der Waals surface area contributed by atoms with Crippen molar-refractivity contribution in [2.75, 3.05) is 13.6 Å². The van der Waals surface area contributed by atoms with E-state index < -0.39 is 33.2 Å². The van der Waals surface area contributed by atoms with Crippen molar-refractivity contribution in [1.29, 1.82) is 0 Å². The second kappa shape index (κ2) is 6.55. The maximum Gasteiger partial charge on any atom is 0.406 e. The van der Waals surface area contributed by atoms with E-state index in [1.165, 1.54) is 24.3 Å².